The number of rotatable bonds is 5. The second kappa shape index (κ2) is 8.81. The molecular formula is C22H17F5N2O3. The Kier molecular flexibility index (Phi) is 6.33. The van der Waals surface area contributed by atoms with Crippen LogP contribution in [0.4, 0.5) is 27.6 Å². The summed E-state index contributed by atoms with van der Waals surface area (Å²) in [6.07, 6.45) is -3.31. The summed E-state index contributed by atoms with van der Waals surface area (Å²) in [5.74, 6) is -4.66. The molecule has 0 radical (unpaired) electrons. The zero-order valence-corrected chi connectivity index (χ0v) is 17.1. The van der Waals surface area contributed by atoms with Crippen LogP contribution < -0.4 is 14.8 Å². The van der Waals surface area contributed by atoms with Crippen molar-refractivity contribution in [2.24, 2.45) is 0 Å². The lowest BCUT2D eigenvalue weighted by molar-refractivity contribution is -0.138. The van der Waals surface area contributed by atoms with Gasteiger partial charge < -0.3 is 14.8 Å². The first-order valence-corrected chi connectivity index (χ1v) is 9.17. The Morgan fingerprint density at radius 1 is 1.03 bits per heavy atom. The molecule has 0 unspecified atom stereocenters. The SMILES string of the molecule is COc1c(Oc2ccc(C(F)(F)F)c(C)c2C(=O)Nc2ccnc(C)c2)ccc(F)c1F. The largest absolute Gasteiger partial charge is 0.490 e. The number of aryl methyl sites for hydroxylation is 1. The van der Waals surface area contributed by atoms with Crippen LogP contribution in [-0.2, 0) is 6.18 Å². The van der Waals surface area contributed by atoms with E-state index in [1.165, 1.54) is 18.3 Å². The fourth-order valence-electron chi connectivity index (χ4n) is 3.08. The maximum absolute atomic E-state index is 14.0. The number of methoxy groups -OCH3 is 1. The van der Waals surface area contributed by atoms with Crippen LogP contribution >= 0.6 is 0 Å². The van der Waals surface area contributed by atoms with Crippen molar-refractivity contribution in [3.8, 4) is 17.2 Å². The Labute approximate surface area is 179 Å². The van der Waals surface area contributed by atoms with Crippen LogP contribution in [0, 0.1) is 25.5 Å². The van der Waals surface area contributed by atoms with Gasteiger partial charge in [-0.25, -0.2) is 4.39 Å². The number of amides is 1. The van der Waals surface area contributed by atoms with Crippen LogP contribution in [-0.4, -0.2) is 18.0 Å². The Hall–Kier alpha value is -3.69. The fourth-order valence-corrected chi connectivity index (χ4v) is 3.08. The highest BCUT2D eigenvalue weighted by Gasteiger charge is 2.35. The third-order valence-electron chi connectivity index (χ3n) is 4.55. The van der Waals surface area contributed by atoms with E-state index in [0.717, 1.165) is 38.3 Å². The lowest BCUT2D eigenvalue weighted by Gasteiger charge is -2.19. The highest BCUT2D eigenvalue weighted by Crippen LogP contribution is 2.40. The van der Waals surface area contributed by atoms with Crippen LogP contribution in [0.25, 0.3) is 0 Å². The number of carbonyl (C=O) groups is 1. The molecule has 0 aliphatic heterocycles. The molecule has 168 valence electrons. The van der Waals surface area contributed by atoms with Gasteiger partial charge in [0.2, 0.25) is 11.6 Å². The van der Waals surface area contributed by atoms with E-state index in [1.807, 2.05) is 0 Å². The molecule has 1 N–H and O–H groups in total. The Morgan fingerprint density at radius 2 is 1.72 bits per heavy atom. The third-order valence-corrected chi connectivity index (χ3v) is 4.55. The molecule has 0 saturated carbocycles. The first kappa shape index (κ1) is 23.0. The number of halogens is 5. The van der Waals surface area contributed by atoms with E-state index < -0.39 is 46.2 Å². The van der Waals surface area contributed by atoms with Crippen molar-refractivity contribution in [1.29, 1.82) is 0 Å². The monoisotopic (exact) mass is 452 g/mol. The van der Waals surface area contributed by atoms with Crippen molar-refractivity contribution < 1.29 is 36.2 Å². The summed E-state index contributed by atoms with van der Waals surface area (Å²) >= 11 is 0. The molecule has 2 aromatic carbocycles. The summed E-state index contributed by atoms with van der Waals surface area (Å²) in [6, 6.07) is 6.47. The van der Waals surface area contributed by atoms with Gasteiger partial charge in [-0.3, -0.25) is 9.78 Å². The minimum absolute atomic E-state index is 0.302. The summed E-state index contributed by atoms with van der Waals surface area (Å²) in [5.41, 5.74) is -0.999. The van der Waals surface area contributed by atoms with Gasteiger partial charge in [0, 0.05) is 17.6 Å². The van der Waals surface area contributed by atoms with Gasteiger partial charge in [0.1, 0.15) is 5.75 Å². The molecule has 0 spiro atoms. The molecule has 1 heterocycles. The van der Waals surface area contributed by atoms with E-state index in [1.54, 1.807) is 6.92 Å². The molecule has 0 bridgehead atoms. The van der Waals surface area contributed by atoms with E-state index in [9.17, 15) is 26.7 Å². The van der Waals surface area contributed by atoms with E-state index in [4.69, 9.17) is 9.47 Å². The maximum Gasteiger partial charge on any atom is 0.416 e. The number of benzene rings is 2. The number of pyridine rings is 1. The first-order valence-electron chi connectivity index (χ1n) is 9.17. The Morgan fingerprint density at radius 3 is 2.34 bits per heavy atom. The molecule has 0 saturated heterocycles. The average molecular weight is 452 g/mol. The number of nitrogens with zero attached hydrogens (tertiary/aromatic N) is 1. The van der Waals surface area contributed by atoms with Gasteiger partial charge in [0.15, 0.2) is 11.6 Å². The van der Waals surface area contributed by atoms with Crippen molar-refractivity contribution >= 4 is 11.6 Å². The summed E-state index contributed by atoms with van der Waals surface area (Å²) < 4.78 is 78.3. The molecule has 1 amide bonds. The number of aromatic nitrogens is 1. The lowest BCUT2D eigenvalue weighted by Crippen LogP contribution is -2.18. The van der Waals surface area contributed by atoms with Crippen molar-refractivity contribution in [2.75, 3.05) is 12.4 Å². The van der Waals surface area contributed by atoms with E-state index in [-0.39, 0.29) is 11.5 Å². The third kappa shape index (κ3) is 4.63. The van der Waals surface area contributed by atoms with Crippen LogP contribution in [0.2, 0.25) is 0 Å². The van der Waals surface area contributed by atoms with Gasteiger partial charge >= 0.3 is 6.18 Å². The predicted octanol–water partition coefficient (Wildman–Crippen LogP) is 6.05. The van der Waals surface area contributed by atoms with E-state index in [0.29, 0.717) is 11.4 Å². The number of anilines is 1. The average Bonchev–Trinajstić information content (AvgIpc) is 2.70. The molecule has 3 rings (SSSR count). The smallest absolute Gasteiger partial charge is 0.416 e. The van der Waals surface area contributed by atoms with Gasteiger partial charge in [-0.2, -0.15) is 17.6 Å². The molecular weight excluding hydrogens is 435 g/mol. The highest BCUT2D eigenvalue weighted by molar-refractivity contribution is 6.07. The number of hydrogen-bond donors (Lipinski definition) is 1. The van der Waals surface area contributed by atoms with Gasteiger partial charge in [-0.05, 0) is 55.8 Å². The summed E-state index contributed by atoms with van der Waals surface area (Å²) in [4.78, 5) is 17.0. The van der Waals surface area contributed by atoms with Crippen LogP contribution in [0.5, 0.6) is 17.2 Å². The van der Waals surface area contributed by atoms with Crippen LogP contribution in [0.15, 0.2) is 42.6 Å². The second-order valence-electron chi connectivity index (χ2n) is 6.74. The number of carbonyl (C=O) groups excluding carboxylic acids is 1. The summed E-state index contributed by atoms with van der Waals surface area (Å²) in [7, 11) is 1.07. The molecule has 0 aliphatic carbocycles. The molecule has 0 aliphatic rings. The standard InChI is InChI=1S/C22H17F5N2O3/c1-11-10-13(8-9-28-11)29-21(30)18-12(2)14(22(25,26)27)4-6-16(18)32-17-7-5-15(23)19(24)20(17)31-3/h4-10H,1-3H3,(H,28,29,30). The minimum atomic E-state index is -4.73. The second-order valence-corrected chi connectivity index (χ2v) is 6.74. The molecule has 3 aromatic rings. The van der Waals surface area contributed by atoms with Gasteiger partial charge in [0.25, 0.3) is 5.91 Å². The number of nitrogens with one attached hydrogen (secondary N) is 1. The quantitative estimate of drug-likeness (QED) is 0.479. The predicted molar refractivity (Wildman–Crippen MR) is 106 cm³/mol. The molecule has 32 heavy (non-hydrogen) atoms. The highest BCUT2D eigenvalue weighted by atomic mass is 19.4. The normalized spacial score (nSPS) is 11.2. The molecule has 0 fully saturated rings. The number of hydrogen-bond acceptors (Lipinski definition) is 4. The molecule has 1 aromatic heterocycles. The first-order chi connectivity index (χ1) is 15.0. The van der Waals surface area contributed by atoms with Gasteiger partial charge in [-0.15, -0.1) is 0 Å². The van der Waals surface area contributed by atoms with Crippen LogP contribution in [0.1, 0.15) is 27.2 Å². The number of ether oxygens (including phenoxy) is 2. The molecule has 5 nitrogen and oxygen atoms in total. The minimum Gasteiger partial charge on any atom is -0.490 e. The van der Waals surface area contributed by atoms with Crippen molar-refractivity contribution in [3.63, 3.8) is 0 Å². The summed E-state index contributed by atoms with van der Waals surface area (Å²) in [6.45, 7) is 2.79. The van der Waals surface area contributed by atoms with Gasteiger partial charge in [0.05, 0.1) is 18.2 Å². The summed E-state index contributed by atoms with van der Waals surface area (Å²) in [5, 5.41) is 2.50. The van der Waals surface area contributed by atoms with Crippen LogP contribution in [0.3, 0.4) is 0 Å². The van der Waals surface area contributed by atoms with Crippen molar-refractivity contribution in [2.45, 2.75) is 20.0 Å². The fraction of sp³-hybridized carbons (Fsp3) is 0.182. The molecule has 0 atom stereocenters. The van der Waals surface area contributed by atoms with E-state index in [2.05, 4.69) is 10.3 Å². The van der Waals surface area contributed by atoms with Crippen molar-refractivity contribution in [3.05, 3.63) is 76.6 Å². The number of alkyl halides is 3. The van der Waals surface area contributed by atoms with Gasteiger partial charge in [-0.1, -0.05) is 0 Å². The topological polar surface area (TPSA) is 60.5 Å². The maximum atomic E-state index is 14.0. The van der Waals surface area contributed by atoms with Crippen molar-refractivity contribution in [1.82, 2.24) is 4.98 Å². The Balaban J connectivity index is 2.11. The zero-order chi connectivity index (χ0) is 23.6. The Bertz CT molecular complexity index is 1180. The zero-order valence-electron chi connectivity index (χ0n) is 17.1. The lowest BCUT2D eigenvalue weighted by atomic mass is 10.00. The van der Waals surface area contributed by atoms with E-state index >= 15 is 0 Å². The molecule has 10 heteroatoms.